The second-order valence-corrected chi connectivity index (χ2v) is 5.22. The molecule has 0 aromatic carbocycles. The van der Waals surface area contributed by atoms with Crippen LogP contribution in [0.5, 0.6) is 5.88 Å². The van der Waals surface area contributed by atoms with Gasteiger partial charge in [-0.3, -0.25) is 0 Å². The maximum atomic E-state index is 12.3. The fourth-order valence-electron chi connectivity index (χ4n) is 1.36. The first-order valence-electron chi connectivity index (χ1n) is 5.28. The highest BCUT2D eigenvalue weighted by Gasteiger charge is 2.49. The number of furan rings is 1. The molecule has 0 amide bonds. The molecule has 2 heterocycles. The van der Waals surface area contributed by atoms with Gasteiger partial charge in [-0.1, -0.05) is 0 Å². The lowest BCUT2D eigenvalue weighted by molar-refractivity contribution is -0.0501. The van der Waals surface area contributed by atoms with E-state index in [0.29, 0.717) is 0 Å². The Bertz CT molecular complexity index is 840. The molecule has 2 aromatic heterocycles. The fraction of sp³-hybridized carbons (Fsp3) is 0.100. The number of nitrogens with zero attached hydrogens (tertiary/aromatic N) is 3. The van der Waals surface area contributed by atoms with Crippen molar-refractivity contribution in [1.29, 1.82) is 5.26 Å². The van der Waals surface area contributed by atoms with Crippen molar-refractivity contribution < 1.29 is 30.2 Å². The Morgan fingerprint density at radius 3 is 2.55 bits per heavy atom. The molecule has 0 fully saturated rings. The molecule has 0 aliphatic carbocycles. The lowest BCUT2D eigenvalue weighted by Gasteiger charge is -2.11. The van der Waals surface area contributed by atoms with Crippen LogP contribution in [0.15, 0.2) is 22.8 Å². The Balaban J connectivity index is 2.61. The van der Waals surface area contributed by atoms with Gasteiger partial charge in [0.2, 0.25) is 5.95 Å². The molecule has 8 nitrogen and oxygen atoms in total. The van der Waals surface area contributed by atoms with Gasteiger partial charge < -0.3 is 14.3 Å². The van der Waals surface area contributed by atoms with Crippen LogP contribution in [-0.2, 0) is 10.1 Å². The Kier molecular flexibility index (Phi) is 3.67. The van der Waals surface area contributed by atoms with E-state index in [2.05, 4.69) is 14.2 Å². The number of alkyl halides is 3. The lowest BCUT2D eigenvalue weighted by atomic mass is 10.2. The molecule has 0 saturated carbocycles. The standard InChI is InChI=1S/C10H5F3N4O4S/c11-10(12,13)22(18,19)21-8-5(4-14)7(16-9(15)17-8)6-2-1-3-20-6/h1-3H,(H2,15,16,17). The van der Waals surface area contributed by atoms with E-state index in [1.54, 1.807) is 0 Å². The maximum Gasteiger partial charge on any atom is 0.534 e. The van der Waals surface area contributed by atoms with E-state index in [1.165, 1.54) is 24.5 Å². The second kappa shape index (κ2) is 5.19. The van der Waals surface area contributed by atoms with Crippen molar-refractivity contribution in [3.8, 4) is 23.4 Å². The van der Waals surface area contributed by atoms with E-state index >= 15 is 0 Å². The molecule has 2 N–H and O–H groups in total. The molecular formula is C10H5F3N4O4S. The fourth-order valence-corrected chi connectivity index (χ4v) is 1.78. The molecule has 2 aromatic rings. The van der Waals surface area contributed by atoms with E-state index in [9.17, 15) is 21.6 Å². The summed E-state index contributed by atoms with van der Waals surface area (Å²) in [5.41, 5.74) is -1.37. The van der Waals surface area contributed by atoms with Gasteiger partial charge in [0.05, 0.1) is 6.26 Å². The molecule has 2 rings (SSSR count). The van der Waals surface area contributed by atoms with Crippen LogP contribution < -0.4 is 9.92 Å². The van der Waals surface area contributed by atoms with Gasteiger partial charge >= 0.3 is 15.6 Å². The van der Waals surface area contributed by atoms with Crippen molar-refractivity contribution in [3.63, 3.8) is 0 Å². The van der Waals surface area contributed by atoms with Crippen LogP contribution in [0.4, 0.5) is 19.1 Å². The first-order chi connectivity index (χ1) is 10.2. The third kappa shape index (κ3) is 2.79. The summed E-state index contributed by atoms with van der Waals surface area (Å²) in [5.74, 6) is -1.77. The zero-order valence-electron chi connectivity index (χ0n) is 10.3. The number of rotatable bonds is 3. The average Bonchev–Trinajstić information content (AvgIpc) is 2.89. The molecule has 0 bridgehead atoms. The number of nitrogen functional groups attached to an aromatic ring is 1. The van der Waals surface area contributed by atoms with E-state index in [4.69, 9.17) is 15.4 Å². The van der Waals surface area contributed by atoms with Gasteiger partial charge in [-0.05, 0) is 12.1 Å². The van der Waals surface area contributed by atoms with Gasteiger partial charge in [0, 0.05) is 0 Å². The third-order valence-corrected chi connectivity index (χ3v) is 3.18. The molecule has 22 heavy (non-hydrogen) atoms. The van der Waals surface area contributed by atoms with Gasteiger partial charge in [-0.15, -0.1) is 0 Å². The Morgan fingerprint density at radius 1 is 1.36 bits per heavy atom. The normalized spacial score (nSPS) is 11.9. The van der Waals surface area contributed by atoms with Crippen LogP contribution in [0.3, 0.4) is 0 Å². The zero-order valence-corrected chi connectivity index (χ0v) is 11.1. The summed E-state index contributed by atoms with van der Waals surface area (Å²) < 4.78 is 67.9. The van der Waals surface area contributed by atoms with Crippen LogP contribution >= 0.6 is 0 Å². The number of halogens is 3. The van der Waals surface area contributed by atoms with E-state index < -0.39 is 33.0 Å². The first kappa shape index (κ1) is 15.6. The van der Waals surface area contributed by atoms with Gasteiger partial charge in [0.25, 0.3) is 5.88 Å². The largest absolute Gasteiger partial charge is 0.534 e. The van der Waals surface area contributed by atoms with Crippen molar-refractivity contribution >= 4 is 16.1 Å². The highest BCUT2D eigenvalue weighted by Crippen LogP contribution is 2.32. The number of anilines is 1. The molecule has 116 valence electrons. The van der Waals surface area contributed by atoms with Gasteiger partial charge in [0.1, 0.15) is 17.3 Å². The number of aromatic nitrogens is 2. The quantitative estimate of drug-likeness (QED) is 0.658. The van der Waals surface area contributed by atoms with Crippen LogP contribution in [0.25, 0.3) is 11.5 Å². The van der Waals surface area contributed by atoms with Gasteiger partial charge in [-0.25, -0.2) is 4.98 Å². The highest BCUT2D eigenvalue weighted by molar-refractivity contribution is 7.87. The Morgan fingerprint density at radius 2 is 2.05 bits per heavy atom. The van der Waals surface area contributed by atoms with E-state index in [0.717, 1.165) is 0 Å². The molecule has 0 spiro atoms. The highest BCUT2D eigenvalue weighted by atomic mass is 32.2. The SMILES string of the molecule is N#Cc1c(OS(=O)(=O)C(F)(F)F)nc(N)nc1-c1ccco1. The summed E-state index contributed by atoms with van der Waals surface area (Å²) in [6.07, 6.45) is 1.21. The Labute approximate surface area is 121 Å². The summed E-state index contributed by atoms with van der Waals surface area (Å²) in [6, 6.07) is 4.21. The minimum atomic E-state index is -6.01. The summed E-state index contributed by atoms with van der Waals surface area (Å²) in [5, 5.41) is 9.02. The molecule has 12 heteroatoms. The van der Waals surface area contributed by atoms with Crippen LogP contribution in [0.1, 0.15) is 5.56 Å². The number of hydrogen-bond acceptors (Lipinski definition) is 8. The topological polar surface area (TPSA) is 132 Å². The molecule has 0 aliphatic heterocycles. The first-order valence-corrected chi connectivity index (χ1v) is 6.69. The predicted molar refractivity (Wildman–Crippen MR) is 64.5 cm³/mol. The summed E-state index contributed by atoms with van der Waals surface area (Å²) in [4.78, 5) is 6.85. The van der Waals surface area contributed by atoms with Crippen LogP contribution in [-0.4, -0.2) is 23.9 Å². The predicted octanol–water partition coefficient (Wildman–Crippen LogP) is 1.42. The van der Waals surface area contributed by atoms with Crippen LogP contribution in [0, 0.1) is 11.3 Å². The van der Waals surface area contributed by atoms with Crippen molar-refractivity contribution in [3.05, 3.63) is 24.0 Å². The summed E-state index contributed by atoms with van der Waals surface area (Å²) in [7, 11) is -6.01. The van der Waals surface area contributed by atoms with Crippen LogP contribution in [0.2, 0.25) is 0 Å². The average molecular weight is 334 g/mol. The summed E-state index contributed by atoms with van der Waals surface area (Å²) in [6.45, 7) is 0. The molecule has 0 radical (unpaired) electrons. The monoisotopic (exact) mass is 334 g/mol. The van der Waals surface area contributed by atoms with E-state index in [1.807, 2.05) is 0 Å². The number of nitrogens with two attached hydrogens (primary N) is 1. The number of hydrogen-bond donors (Lipinski definition) is 1. The minimum absolute atomic E-state index is 0.0279. The van der Waals surface area contributed by atoms with Crippen molar-refractivity contribution in [2.24, 2.45) is 0 Å². The van der Waals surface area contributed by atoms with Gasteiger partial charge in [0.15, 0.2) is 5.76 Å². The van der Waals surface area contributed by atoms with Gasteiger partial charge in [-0.2, -0.15) is 31.8 Å². The molecule has 0 unspecified atom stereocenters. The van der Waals surface area contributed by atoms with Crippen molar-refractivity contribution in [2.45, 2.75) is 5.51 Å². The lowest BCUT2D eigenvalue weighted by Crippen LogP contribution is -2.29. The minimum Gasteiger partial charge on any atom is -0.463 e. The second-order valence-electron chi connectivity index (χ2n) is 3.68. The number of nitriles is 1. The third-order valence-electron chi connectivity index (χ3n) is 2.23. The smallest absolute Gasteiger partial charge is 0.463 e. The molecule has 0 aliphatic rings. The molecule has 0 saturated heterocycles. The van der Waals surface area contributed by atoms with Crippen molar-refractivity contribution in [1.82, 2.24) is 9.97 Å². The van der Waals surface area contributed by atoms with Crippen molar-refractivity contribution in [2.75, 3.05) is 5.73 Å². The zero-order chi connectivity index (χ0) is 16.5. The summed E-state index contributed by atoms with van der Waals surface area (Å²) >= 11 is 0. The maximum absolute atomic E-state index is 12.3. The Hall–Kier alpha value is -2.81. The molecular weight excluding hydrogens is 329 g/mol. The van der Waals surface area contributed by atoms with E-state index in [-0.39, 0.29) is 11.5 Å². The molecule has 0 atom stereocenters.